The van der Waals surface area contributed by atoms with E-state index in [0.717, 1.165) is 0 Å². The molecule has 0 radical (unpaired) electrons. The van der Waals surface area contributed by atoms with E-state index in [0.29, 0.717) is 18.5 Å². The van der Waals surface area contributed by atoms with Crippen molar-refractivity contribution >= 4 is 11.9 Å². The van der Waals surface area contributed by atoms with Crippen molar-refractivity contribution in [3.05, 3.63) is 0 Å². The van der Waals surface area contributed by atoms with Gasteiger partial charge in [-0.05, 0) is 19.8 Å². The van der Waals surface area contributed by atoms with E-state index in [4.69, 9.17) is 15.3 Å². The first kappa shape index (κ1) is 16.4. The Hall–Kier alpha value is -1.67. The smallest absolute Gasteiger partial charge is 0.323 e. The van der Waals surface area contributed by atoms with Crippen molar-refractivity contribution < 1.29 is 9.47 Å². The Balaban J connectivity index is 2.91. The van der Waals surface area contributed by atoms with E-state index in [1.54, 1.807) is 7.11 Å². The molecule has 1 heterocycles. The van der Waals surface area contributed by atoms with Crippen LogP contribution in [0.3, 0.4) is 0 Å². The zero-order chi connectivity index (χ0) is 15.1. The molecule has 8 heteroatoms. The second-order valence-electron chi connectivity index (χ2n) is 5.03. The van der Waals surface area contributed by atoms with Gasteiger partial charge in [0.1, 0.15) is 0 Å². The third-order valence-electron chi connectivity index (χ3n) is 2.55. The van der Waals surface area contributed by atoms with Gasteiger partial charge in [-0.1, -0.05) is 13.8 Å². The Bertz CT molecular complexity index is 413. The van der Waals surface area contributed by atoms with Crippen molar-refractivity contribution in [2.45, 2.75) is 39.8 Å². The van der Waals surface area contributed by atoms with Gasteiger partial charge < -0.3 is 14.8 Å². The monoisotopic (exact) mass is 284 g/mol. The summed E-state index contributed by atoms with van der Waals surface area (Å²) in [5.41, 5.74) is 2.40. The maximum Gasteiger partial charge on any atom is 0.323 e. The lowest BCUT2D eigenvalue weighted by molar-refractivity contribution is 0.170. The molecule has 4 N–H and O–H groups in total. The van der Waals surface area contributed by atoms with E-state index < -0.39 is 0 Å². The number of nitrogens with two attached hydrogens (primary N) is 1. The molecule has 20 heavy (non-hydrogen) atoms. The number of nitrogens with zero attached hydrogens (tertiary/aromatic N) is 3. The summed E-state index contributed by atoms with van der Waals surface area (Å²) in [6.07, 6.45) is -0.0317. The van der Waals surface area contributed by atoms with Crippen LogP contribution in [0.5, 0.6) is 6.01 Å². The fraction of sp³-hybridized carbons (Fsp3) is 0.750. The van der Waals surface area contributed by atoms with Crippen LogP contribution in [0.4, 0.5) is 11.9 Å². The number of aromatic nitrogens is 3. The molecule has 1 atom stereocenters. The highest BCUT2D eigenvalue weighted by Crippen LogP contribution is 2.15. The lowest BCUT2D eigenvalue weighted by Gasteiger charge is -2.21. The van der Waals surface area contributed by atoms with Crippen LogP contribution >= 0.6 is 0 Å². The molecule has 0 saturated carbocycles. The van der Waals surface area contributed by atoms with E-state index in [9.17, 15) is 0 Å². The van der Waals surface area contributed by atoms with E-state index in [2.05, 4.69) is 39.5 Å². The van der Waals surface area contributed by atoms with Gasteiger partial charge >= 0.3 is 6.01 Å². The number of hydrogen-bond donors (Lipinski definition) is 3. The van der Waals surface area contributed by atoms with Crippen LogP contribution in [-0.4, -0.2) is 40.8 Å². The van der Waals surface area contributed by atoms with Crippen LogP contribution in [0.1, 0.15) is 27.7 Å². The number of methoxy groups -OCH3 is 1. The highest BCUT2D eigenvalue weighted by molar-refractivity contribution is 5.35. The average Bonchev–Trinajstić information content (AvgIpc) is 2.37. The molecule has 0 aromatic carbocycles. The Morgan fingerprint density at radius 3 is 2.25 bits per heavy atom. The van der Waals surface area contributed by atoms with Crippen LogP contribution in [0, 0.1) is 5.92 Å². The van der Waals surface area contributed by atoms with Crippen LogP contribution in [0.2, 0.25) is 0 Å². The quantitative estimate of drug-likeness (QED) is 0.480. The molecule has 0 amide bonds. The molecule has 0 saturated heterocycles. The Kier molecular flexibility index (Phi) is 6.40. The summed E-state index contributed by atoms with van der Waals surface area (Å²) in [5, 5.41) is 3.20. The van der Waals surface area contributed by atoms with Gasteiger partial charge in [0.15, 0.2) is 0 Å². The Morgan fingerprint density at radius 1 is 1.10 bits per heavy atom. The summed E-state index contributed by atoms with van der Waals surface area (Å²) in [6, 6.07) is 0.310. The highest BCUT2D eigenvalue weighted by atomic mass is 16.5. The van der Waals surface area contributed by atoms with Crippen LogP contribution in [-0.2, 0) is 4.74 Å². The molecule has 1 unspecified atom stereocenters. The van der Waals surface area contributed by atoms with Gasteiger partial charge in [0.2, 0.25) is 11.9 Å². The second-order valence-corrected chi connectivity index (χ2v) is 5.03. The normalized spacial score (nSPS) is 12.6. The van der Waals surface area contributed by atoms with Gasteiger partial charge in [-0.25, -0.2) is 5.84 Å². The molecular weight excluding hydrogens is 260 g/mol. The number of rotatable bonds is 8. The molecule has 1 aromatic rings. The molecule has 0 bridgehead atoms. The topological polar surface area (TPSA) is 107 Å². The summed E-state index contributed by atoms with van der Waals surface area (Å²) in [7, 11) is 1.66. The molecule has 0 aliphatic rings. The van der Waals surface area contributed by atoms with Crippen LogP contribution < -0.4 is 21.3 Å². The standard InChI is InChI=1S/C12H24N6O2/c1-7(2)9(6-19-5)14-10-15-11(18-13)17-12(16-10)20-8(3)4/h7-9H,6,13H2,1-5H3,(H2,14,15,16,17,18). The SMILES string of the molecule is COCC(Nc1nc(NN)nc(OC(C)C)n1)C(C)C. The third-order valence-corrected chi connectivity index (χ3v) is 2.55. The molecule has 0 spiro atoms. The summed E-state index contributed by atoms with van der Waals surface area (Å²) in [4.78, 5) is 12.4. The van der Waals surface area contributed by atoms with Gasteiger partial charge in [-0.15, -0.1) is 0 Å². The summed E-state index contributed by atoms with van der Waals surface area (Å²) in [6.45, 7) is 8.52. The molecule has 1 aromatic heterocycles. The molecule has 114 valence electrons. The van der Waals surface area contributed by atoms with Gasteiger partial charge in [-0.3, -0.25) is 5.43 Å². The number of hydrazine groups is 1. The van der Waals surface area contributed by atoms with Crippen molar-refractivity contribution in [2.24, 2.45) is 11.8 Å². The first-order chi connectivity index (χ1) is 9.46. The Morgan fingerprint density at radius 2 is 1.75 bits per heavy atom. The molecule has 0 aliphatic carbocycles. The molecule has 8 nitrogen and oxygen atoms in total. The fourth-order valence-corrected chi connectivity index (χ4v) is 1.50. The third kappa shape index (κ3) is 5.14. The first-order valence-electron chi connectivity index (χ1n) is 6.61. The summed E-state index contributed by atoms with van der Waals surface area (Å²) >= 11 is 0. The van der Waals surface area contributed by atoms with Gasteiger partial charge in [0, 0.05) is 7.11 Å². The molecule has 1 rings (SSSR count). The van der Waals surface area contributed by atoms with E-state index in [1.807, 2.05) is 13.8 Å². The maximum atomic E-state index is 5.47. The molecule has 0 aliphatic heterocycles. The average molecular weight is 284 g/mol. The Labute approximate surface area is 119 Å². The number of ether oxygens (including phenoxy) is 2. The van der Waals surface area contributed by atoms with Crippen LogP contribution in [0.15, 0.2) is 0 Å². The minimum absolute atomic E-state index is 0.0317. The lowest BCUT2D eigenvalue weighted by atomic mass is 10.1. The van der Waals surface area contributed by atoms with Gasteiger partial charge in [0.25, 0.3) is 0 Å². The number of nitrogen functional groups attached to an aromatic ring is 1. The van der Waals surface area contributed by atoms with Crippen LogP contribution in [0.25, 0.3) is 0 Å². The molecular formula is C12H24N6O2. The minimum atomic E-state index is -0.0317. The number of hydrogen-bond acceptors (Lipinski definition) is 8. The summed E-state index contributed by atoms with van der Waals surface area (Å²) in [5.74, 6) is 6.36. The second kappa shape index (κ2) is 7.81. The molecule has 0 fully saturated rings. The van der Waals surface area contributed by atoms with Crippen molar-refractivity contribution in [1.82, 2.24) is 15.0 Å². The maximum absolute atomic E-state index is 5.47. The number of anilines is 2. The summed E-state index contributed by atoms with van der Waals surface area (Å²) < 4.78 is 10.7. The van der Waals surface area contributed by atoms with E-state index in [-0.39, 0.29) is 24.1 Å². The lowest BCUT2D eigenvalue weighted by Crippen LogP contribution is -2.31. The highest BCUT2D eigenvalue weighted by Gasteiger charge is 2.16. The largest absolute Gasteiger partial charge is 0.461 e. The first-order valence-corrected chi connectivity index (χ1v) is 6.61. The van der Waals surface area contributed by atoms with Gasteiger partial charge in [0.05, 0.1) is 18.8 Å². The van der Waals surface area contributed by atoms with Crippen molar-refractivity contribution in [2.75, 3.05) is 24.5 Å². The van der Waals surface area contributed by atoms with Crippen molar-refractivity contribution in [1.29, 1.82) is 0 Å². The minimum Gasteiger partial charge on any atom is -0.461 e. The predicted molar refractivity (Wildman–Crippen MR) is 77.5 cm³/mol. The van der Waals surface area contributed by atoms with E-state index >= 15 is 0 Å². The van der Waals surface area contributed by atoms with Crippen molar-refractivity contribution in [3.8, 4) is 6.01 Å². The van der Waals surface area contributed by atoms with Crippen molar-refractivity contribution in [3.63, 3.8) is 0 Å². The zero-order valence-corrected chi connectivity index (χ0v) is 12.7. The zero-order valence-electron chi connectivity index (χ0n) is 12.7. The predicted octanol–water partition coefficient (Wildman–Crippen LogP) is 1.03. The van der Waals surface area contributed by atoms with Gasteiger partial charge in [-0.2, -0.15) is 15.0 Å². The number of nitrogens with one attached hydrogen (secondary N) is 2. The fourth-order valence-electron chi connectivity index (χ4n) is 1.50. The van der Waals surface area contributed by atoms with E-state index in [1.165, 1.54) is 0 Å².